The Morgan fingerprint density at radius 1 is 1.71 bits per heavy atom. The van der Waals surface area contributed by atoms with Crippen LogP contribution in [0.5, 0.6) is 0 Å². The number of hydrogen-bond donors (Lipinski definition) is 1. The average Bonchev–Trinajstić information content (AvgIpc) is 2.64. The van der Waals surface area contributed by atoms with Gasteiger partial charge in [-0.25, -0.2) is 0 Å². The number of nitrogens with one attached hydrogen (secondary N) is 1. The molecule has 17 heavy (non-hydrogen) atoms. The molecule has 5 nitrogen and oxygen atoms in total. The largest absolute Gasteiger partial charge is 0.361 e. The Morgan fingerprint density at radius 3 is 3.06 bits per heavy atom. The molecule has 1 amide bonds. The van der Waals surface area contributed by atoms with E-state index in [1.807, 2.05) is 17.9 Å². The molecule has 0 saturated carbocycles. The van der Waals surface area contributed by atoms with Gasteiger partial charge in [-0.3, -0.25) is 4.79 Å². The van der Waals surface area contributed by atoms with Crippen molar-refractivity contribution in [2.24, 2.45) is 0 Å². The van der Waals surface area contributed by atoms with Crippen LogP contribution in [0.15, 0.2) is 10.6 Å². The highest BCUT2D eigenvalue weighted by Gasteiger charge is 2.23. The van der Waals surface area contributed by atoms with Crippen LogP contribution in [0.3, 0.4) is 0 Å². The van der Waals surface area contributed by atoms with Crippen molar-refractivity contribution >= 4 is 18.3 Å². The van der Waals surface area contributed by atoms with Crippen LogP contribution in [-0.2, 0) is 11.2 Å². The van der Waals surface area contributed by atoms with Crippen molar-refractivity contribution < 1.29 is 9.32 Å². The van der Waals surface area contributed by atoms with Crippen molar-refractivity contribution in [3.05, 3.63) is 17.5 Å². The molecular formula is C11H18ClN3O2. The van der Waals surface area contributed by atoms with E-state index < -0.39 is 0 Å². The second-order valence-electron chi connectivity index (χ2n) is 4.25. The number of aromatic nitrogens is 1. The van der Waals surface area contributed by atoms with E-state index in [4.69, 9.17) is 4.52 Å². The molecule has 0 radical (unpaired) electrons. The lowest BCUT2D eigenvalue weighted by molar-refractivity contribution is -0.133. The molecule has 1 aliphatic rings. The van der Waals surface area contributed by atoms with E-state index in [9.17, 15) is 4.79 Å². The van der Waals surface area contributed by atoms with Crippen LogP contribution in [0.4, 0.5) is 0 Å². The van der Waals surface area contributed by atoms with Crippen molar-refractivity contribution in [2.75, 3.05) is 19.6 Å². The van der Waals surface area contributed by atoms with Crippen LogP contribution in [-0.4, -0.2) is 41.6 Å². The summed E-state index contributed by atoms with van der Waals surface area (Å²) in [6.45, 7) is 6.39. The monoisotopic (exact) mass is 259 g/mol. The normalized spacial score (nSPS) is 19.9. The van der Waals surface area contributed by atoms with Crippen LogP contribution in [0, 0.1) is 6.92 Å². The molecule has 0 aliphatic carbocycles. The Morgan fingerprint density at radius 2 is 2.47 bits per heavy atom. The number of nitrogens with zero attached hydrogens (tertiary/aromatic N) is 2. The van der Waals surface area contributed by atoms with Gasteiger partial charge in [0.1, 0.15) is 5.76 Å². The predicted molar refractivity (Wildman–Crippen MR) is 66.2 cm³/mol. The van der Waals surface area contributed by atoms with Gasteiger partial charge in [-0.2, -0.15) is 0 Å². The summed E-state index contributed by atoms with van der Waals surface area (Å²) in [7, 11) is 0. The Labute approximate surface area is 107 Å². The molecule has 0 spiro atoms. The van der Waals surface area contributed by atoms with Gasteiger partial charge in [0.15, 0.2) is 0 Å². The zero-order chi connectivity index (χ0) is 11.5. The van der Waals surface area contributed by atoms with Crippen LogP contribution in [0.25, 0.3) is 0 Å². The lowest BCUT2D eigenvalue weighted by Gasteiger charge is -2.33. The second-order valence-corrected chi connectivity index (χ2v) is 4.25. The lowest BCUT2D eigenvalue weighted by Crippen LogP contribution is -2.52. The first-order valence-corrected chi connectivity index (χ1v) is 5.59. The highest BCUT2D eigenvalue weighted by atomic mass is 35.5. The highest BCUT2D eigenvalue weighted by molar-refractivity contribution is 5.85. The van der Waals surface area contributed by atoms with Gasteiger partial charge in [0.25, 0.3) is 0 Å². The summed E-state index contributed by atoms with van der Waals surface area (Å²) in [5.74, 6) is 0.874. The quantitative estimate of drug-likeness (QED) is 0.852. The molecule has 1 N–H and O–H groups in total. The van der Waals surface area contributed by atoms with E-state index in [0.717, 1.165) is 25.4 Å². The lowest BCUT2D eigenvalue weighted by atomic mass is 10.2. The van der Waals surface area contributed by atoms with Crippen LogP contribution >= 0.6 is 12.4 Å². The molecule has 1 aromatic heterocycles. The SMILES string of the molecule is Cc1cc(CC(=O)N2CCNC[C@@H]2C)no1.Cl. The molecule has 1 atom stereocenters. The third-order valence-electron chi connectivity index (χ3n) is 2.83. The first-order chi connectivity index (χ1) is 7.66. The number of aryl methyl sites for hydroxylation is 1. The third kappa shape index (κ3) is 3.44. The number of carbonyl (C=O) groups excluding carboxylic acids is 1. The molecule has 0 unspecified atom stereocenters. The van der Waals surface area contributed by atoms with Gasteiger partial charge in [0.2, 0.25) is 5.91 Å². The maximum Gasteiger partial charge on any atom is 0.229 e. The summed E-state index contributed by atoms with van der Waals surface area (Å²) in [4.78, 5) is 13.9. The fourth-order valence-electron chi connectivity index (χ4n) is 1.97. The minimum absolute atomic E-state index is 0. The van der Waals surface area contributed by atoms with Crippen molar-refractivity contribution in [2.45, 2.75) is 26.3 Å². The highest BCUT2D eigenvalue weighted by Crippen LogP contribution is 2.08. The molecule has 2 rings (SSSR count). The van der Waals surface area contributed by atoms with Crippen LogP contribution in [0.2, 0.25) is 0 Å². The minimum Gasteiger partial charge on any atom is -0.361 e. The van der Waals surface area contributed by atoms with E-state index in [2.05, 4.69) is 17.4 Å². The first kappa shape index (κ1) is 14.0. The van der Waals surface area contributed by atoms with Crippen molar-refractivity contribution in [1.82, 2.24) is 15.4 Å². The third-order valence-corrected chi connectivity index (χ3v) is 2.83. The number of carbonyl (C=O) groups is 1. The molecule has 0 aromatic carbocycles. The molecule has 96 valence electrons. The summed E-state index contributed by atoms with van der Waals surface area (Å²) < 4.78 is 4.95. The maximum atomic E-state index is 12.0. The Balaban J connectivity index is 0.00000144. The summed E-state index contributed by atoms with van der Waals surface area (Å²) in [5, 5.41) is 7.10. The summed E-state index contributed by atoms with van der Waals surface area (Å²) >= 11 is 0. The Hall–Kier alpha value is -1.07. The van der Waals surface area contributed by atoms with Crippen LogP contribution < -0.4 is 5.32 Å². The molecule has 1 aromatic rings. The summed E-state index contributed by atoms with van der Waals surface area (Å²) in [5.41, 5.74) is 0.716. The van der Waals surface area contributed by atoms with Gasteiger partial charge in [-0.1, -0.05) is 5.16 Å². The molecular weight excluding hydrogens is 242 g/mol. The summed E-state index contributed by atoms with van der Waals surface area (Å²) in [6.07, 6.45) is 0.335. The van der Waals surface area contributed by atoms with Gasteiger partial charge in [0, 0.05) is 31.7 Å². The van der Waals surface area contributed by atoms with E-state index in [1.165, 1.54) is 0 Å². The van der Waals surface area contributed by atoms with Gasteiger partial charge in [0.05, 0.1) is 12.1 Å². The standard InChI is InChI=1S/C11H17N3O2.ClH/c1-8-7-12-3-4-14(8)11(15)6-10-5-9(2)16-13-10;/h5,8,12H,3-4,6-7H2,1-2H3;1H/t8-;/m0./s1. The van der Waals surface area contributed by atoms with Gasteiger partial charge < -0.3 is 14.7 Å². The molecule has 1 aliphatic heterocycles. The number of amides is 1. The van der Waals surface area contributed by atoms with Crippen molar-refractivity contribution in [1.29, 1.82) is 0 Å². The first-order valence-electron chi connectivity index (χ1n) is 5.59. The maximum absolute atomic E-state index is 12.0. The number of piperazine rings is 1. The zero-order valence-electron chi connectivity index (χ0n) is 10.1. The minimum atomic E-state index is 0. The smallest absolute Gasteiger partial charge is 0.229 e. The van der Waals surface area contributed by atoms with Crippen LogP contribution in [0.1, 0.15) is 18.4 Å². The van der Waals surface area contributed by atoms with Crippen molar-refractivity contribution in [3.63, 3.8) is 0 Å². The van der Waals surface area contributed by atoms with Gasteiger partial charge in [-0.15, -0.1) is 12.4 Å². The van der Waals surface area contributed by atoms with E-state index >= 15 is 0 Å². The molecule has 1 saturated heterocycles. The Bertz CT molecular complexity index is 381. The fraction of sp³-hybridized carbons (Fsp3) is 0.636. The van der Waals surface area contributed by atoms with E-state index in [0.29, 0.717) is 12.1 Å². The molecule has 0 bridgehead atoms. The fourth-order valence-corrected chi connectivity index (χ4v) is 1.97. The van der Waals surface area contributed by atoms with Gasteiger partial charge in [-0.05, 0) is 13.8 Å². The number of hydrogen-bond acceptors (Lipinski definition) is 4. The van der Waals surface area contributed by atoms with Gasteiger partial charge >= 0.3 is 0 Å². The topological polar surface area (TPSA) is 58.4 Å². The Kier molecular flexibility index (Phi) is 4.96. The summed E-state index contributed by atoms with van der Waals surface area (Å²) in [6, 6.07) is 2.07. The zero-order valence-corrected chi connectivity index (χ0v) is 10.9. The second kappa shape index (κ2) is 6.02. The molecule has 2 heterocycles. The number of rotatable bonds is 2. The molecule has 6 heteroatoms. The average molecular weight is 260 g/mol. The van der Waals surface area contributed by atoms with Crippen molar-refractivity contribution in [3.8, 4) is 0 Å². The predicted octanol–water partition coefficient (Wildman–Crippen LogP) is 0.768. The molecule has 1 fully saturated rings. The van der Waals surface area contributed by atoms with E-state index in [-0.39, 0.29) is 24.4 Å². The van der Waals surface area contributed by atoms with E-state index in [1.54, 1.807) is 0 Å². The number of halogens is 1.